The van der Waals surface area contributed by atoms with Crippen molar-refractivity contribution in [1.82, 2.24) is 9.78 Å². The zero-order valence-electron chi connectivity index (χ0n) is 9.32. The molecule has 1 atom stereocenters. The molecule has 2 rings (SSSR count). The summed E-state index contributed by atoms with van der Waals surface area (Å²) in [6, 6.07) is 0.932. The SMILES string of the molecule is OC(Cn1ccc(C(F)(F)F)n1)C1CCCC1. The average molecular weight is 248 g/mol. The van der Waals surface area contributed by atoms with Crippen molar-refractivity contribution in [2.75, 3.05) is 0 Å². The van der Waals surface area contributed by atoms with E-state index in [1.165, 1.54) is 10.9 Å². The highest BCUT2D eigenvalue weighted by Gasteiger charge is 2.34. The lowest BCUT2D eigenvalue weighted by Crippen LogP contribution is -2.24. The smallest absolute Gasteiger partial charge is 0.391 e. The Bertz CT molecular complexity index is 369. The topological polar surface area (TPSA) is 38.0 Å². The van der Waals surface area contributed by atoms with Gasteiger partial charge in [0, 0.05) is 6.20 Å². The third-order valence-corrected chi connectivity index (χ3v) is 3.25. The summed E-state index contributed by atoms with van der Waals surface area (Å²) < 4.78 is 38.1. The Kier molecular flexibility index (Phi) is 3.42. The molecule has 0 bridgehead atoms. The van der Waals surface area contributed by atoms with Crippen molar-refractivity contribution in [3.8, 4) is 0 Å². The summed E-state index contributed by atoms with van der Waals surface area (Å²) in [5, 5.41) is 13.3. The third kappa shape index (κ3) is 3.00. The number of halogens is 3. The maximum atomic E-state index is 12.3. The molecule has 1 heterocycles. The second-order valence-electron chi connectivity index (χ2n) is 4.53. The highest BCUT2D eigenvalue weighted by molar-refractivity contribution is 5.03. The first-order valence-electron chi connectivity index (χ1n) is 5.75. The summed E-state index contributed by atoms with van der Waals surface area (Å²) >= 11 is 0. The summed E-state index contributed by atoms with van der Waals surface area (Å²) in [6.45, 7) is 0.140. The molecular weight excluding hydrogens is 233 g/mol. The molecule has 1 unspecified atom stereocenters. The largest absolute Gasteiger partial charge is 0.435 e. The third-order valence-electron chi connectivity index (χ3n) is 3.25. The van der Waals surface area contributed by atoms with Gasteiger partial charge in [0.15, 0.2) is 5.69 Å². The van der Waals surface area contributed by atoms with Gasteiger partial charge < -0.3 is 5.11 Å². The summed E-state index contributed by atoms with van der Waals surface area (Å²) in [7, 11) is 0. The van der Waals surface area contributed by atoms with Crippen molar-refractivity contribution in [3.63, 3.8) is 0 Å². The van der Waals surface area contributed by atoms with E-state index in [0.29, 0.717) is 0 Å². The predicted octanol–water partition coefficient (Wildman–Crippen LogP) is 2.45. The lowest BCUT2D eigenvalue weighted by Gasteiger charge is -2.17. The van der Waals surface area contributed by atoms with Gasteiger partial charge in [-0.2, -0.15) is 18.3 Å². The van der Waals surface area contributed by atoms with E-state index in [1.807, 2.05) is 0 Å². The number of rotatable bonds is 3. The van der Waals surface area contributed by atoms with Crippen molar-refractivity contribution >= 4 is 0 Å². The molecule has 0 aliphatic heterocycles. The molecule has 1 aliphatic rings. The quantitative estimate of drug-likeness (QED) is 0.892. The summed E-state index contributed by atoms with van der Waals surface area (Å²) in [4.78, 5) is 0. The Morgan fingerprint density at radius 3 is 2.59 bits per heavy atom. The van der Waals surface area contributed by atoms with Gasteiger partial charge in [-0.1, -0.05) is 12.8 Å². The first kappa shape index (κ1) is 12.4. The van der Waals surface area contributed by atoms with Crippen LogP contribution in [0.15, 0.2) is 12.3 Å². The molecule has 0 spiro atoms. The van der Waals surface area contributed by atoms with Gasteiger partial charge in [0.25, 0.3) is 0 Å². The lowest BCUT2D eigenvalue weighted by molar-refractivity contribution is -0.141. The molecule has 0 saturated heterocycles. The fraction of sp³-hybridized carbons (Fsp3) is 0.727. The summed E-state index contributed by atoms with van der Waals surface area (Å²) in [5.41, 5.74) is -0.906. The fourth-order valence-corrected chi connectivity index (χ4v) is 2.30. The van der Waals surface area contributed by atoms with Gasteiger partial charge in [0.1, 0.15) is 0 Å². The van der Waals surface area contributed by atoms with Gasteiger partial charge in [0.05, 0.1) is 12.6 Å². The summed E-state index contributed by atoms with van der Waals surface area (Å²) in [5.74, 6) is 0.202. The van der Waals surface area contributed by atoms with Crippen molar-refractivity contribution in [3.05, 3.63) is 18.0 Å². The molecule has 0 radical (unpaired) electrons. The number of hydrogen-bond donors (Lipinski definition) is 1. The number of aromatic nitrogens is 2. The minimum atomic E-state index is -4.41. The highest BCUT2D eigenvalue weighted by Crippen LogP contribution is 2.29. The van der Waals surface area contributed by atoms with Gasteiger partial charge in [-0.25, -0.2) is 0 Å². The lowest BCUT2D eigenvalue weighted by atomic mass is 10.0. The standard InChI is InChI=1S/C11H15F3N2O/c12-11(13,14)10-5-6-16(15-10)7-9(17)8-3-1-2-4-8/h5-6,8-9,17H,1-4,7H2. The van der Waals surface area contributed by atoms with Crippen LogP contribution in [-0.2, 0) is 12.7 Å². The Hall–Kier alpha value is -1.04. The van der Waals surface area contributed by atoms with E-state index in [9.17, 15) is 18.3 Å². The van der Waals surface area contributed by atoms with Crippen LogP contribution in [0.1, 0.15) is 31.4 Å². The van der Waals surface area contributed by atoms with Crippen molar-refractivity contribution in [1.29, 1.82) is 0 Å². The summed E-state index contributed by atoms with van der Waals surface area (Å²) in [6.07, 6.45) is 0.343. The van der Waals surface area contributed by atoms with Crippen molar-refractivity contribution < 1.29 is 18.3 Å². The number of nitrogens with zero attached hydrogens (tertiary/aromatic N) is 2. The van der Waals surface area contributed by atoms with E-state index < -0.39 is 18.0 Å². The number of aliphatic hydroxyl groups excluding tert-OH is 1. The van der Waals surface area contributed by atoms with Crippen LogP contribution in [0, 0.1) is 5.92 Å². The van der Waals surface area contributed by atoms with Crippen LogP contribution in [0.25, 0.3) is 0 Å². The molecule has 0 aromatic carbocycles. The molecule has 1 N–H and O–H groups in total. The van der Waals surface area contributed by atoms with E-state index in [1.54, 1.807) is 0 Å². The molecule has 0 amide bonds. The number of aliphatic hydroxyl groups is 1. The molecule has 1 aromatic rings. The van der Waals surface area contributed by atoms with E-state index in [4.69, 9.17) is 0 Å². The zero-order valence-corrected chi connectivity index (χ0v) is 9.32. The van der Waals surface area contributed by atoms with Crippen LogP contribution >= 0.6 is 0 Å². The predicted molar refractivity (Wildman–Crippen MR) is 55.2 cm³/mol. The van der Waals surface area contributed by atoms with Crippen LogP contribution in [0.5, 0.6) is 0 Å². The van der Waals surface area contributed by atoms with Gasteiger partial charge in [-0.15, -0.1) is 0 Å². The van der Waals surface area contributed by atoms with Crippen LogP contribution in [0.4, 0.5) is 13.2 Å². The minimum absolute atomic E-state index is 0.140. The fourth-order valence-electron chi connectivity index (χ4n) is 2.30. The van der Waals surface area contributed by atoms with E-state index >= 15 is 0 Å². The Labute approximate surface area is 97.2 Å². The van der Waals surface area contributed by atoms with E-state index in [2.05, 4.69) is 5.10 Å². The monoisotopic (exact) mass is 248 g/mol. The van der Waals surface area contributed by atoms with E-state index in [0.717, 1.165) is 31.7 Å². The van der Waals surface area contributed by atoms with E-state index in [-0.39, 0.29) is 12.5 Å². The maximum Gasteiger partial charge on any atom is 0.435 e. The van der Waals surface area contributed by atoms with Gasteiger partial charge in [0.2, 0.25) is 0 Å². The zero-order chi connectivity index (χ0) is 12.5. The van der Waals surface area contributed by atoms with Crippen LogP contribution in [0.2, 0.25) is 0 Å². The second kappa shape index (κ2) is 4.68. The average Bonchev–Trinajstić information content (AvgIpc) is 2.85. The Balaban J connectivity index is 1.96. The molecule has 17 heavy (non-hydrogen) atoms. The Morgan fingerprint density at radius 1 is 1.41 bits per heavy atom. The van der Waals surface area contributed by atoms with Crippen LogP contribution in [-0.4, -0.2) is 21.0 Å². The van der Waals surface area contributed by atoms with Gasteiger partial charge in [-0.05, 0) is 24.8 Å². The number of hydrogen-bond acceptors (Lipinski definition) is 2. The minimum Gasteiger partial charge on any atom is -0.391 e. The van der Waals surface area contributed by atoms with Gasteiger partial charge >= 0.3 is 6.18 Å². The normalized spacial score (nSPS) is 19.8. The molecule has 1 aliphatic carbocycles. The van der Waals surface area contributed by atoms with Gasteiger partial charge in [-0.3, -0.25) is 4.68 Å². The second-order valence-corrected chi connectivity index (χ2v) is 4.53. The first-order valence-corrected chi connectivity index (χ1v) is 5.75. The molecule has 96 valence electrons. The Morgan fingerprint density at radius 2 is 2.06 bits per heavy atom. The van der Waals surface area contributed by atoms with Crippen molar-refractivity contribution in [2.24, 2.45) is 5.92 Å². The molecule has 6 heteroatoms. The maximum absolute atomic E-state index is 12.3. The molecule has 1 saturated carbocycles. The molecule has 3 nitrogen and oxygen atoms in total. The van der Waals surface area contributed by atoms with Crippen LogP contribution < -0.4 is 0 Å². The number of alkyl halides is 3. The molecule has 1 aromatic heterocycles. The highest BCUT2D eigenvalue weighted by atomic mass is 19.4. The molecular formula is C11H15F3N2O. The first-order chi connectivity index (χ1) is 7.97. The van der Waals surface area contributed by atoms with Crippen LogP contribution in [0.3, 0.4) is 0 Å². The molecule has 1 fully saturated rings. The van der Waals surface area contributed by atoms with Crippen molar-refractivity contribution in [2.45, 2.75) is 44.5 Å².